The van der Waals surface area contributed by atoms with Gasteiger partial charge in [0.25, 0.3) is 0 Å². The van der Waals surface area contributed by atoms with E-state index in [1.807, 2.05) is 0 Å². The summed E-state index contributed by atoms with van der Waals surface area (Å²) < 4.78 is 0. The van der Waals surface area contributed by atoms with Gasteiger partial charge >= 0.3 is 0 Å². The minimum Gasteiger partial charge on any atom is -0.370 e. The van der Waals surface area contributed by atoms with Gasteiger partial charge in [-0.25, -0.2) is 9.97 Å². The molecule has 0 aliphatic heterocycles. The third-order valence-electron chi connectivity index (χ3n) is 4.21. The number of aryl methyl sites for hydroxylation is 1. The Hall–Kier alpha value is -1.16. The molecule has 20 heavy (non-hydrogen) atoms. The average Bonchev–Trinajstić information content (AvgIpc) is 2.73. The Morgan fingerprint density at radius 1 is 1.10 bits per heavy atom. The van der Waals surface area contributed by atoms with E-state index < -0.39 is 0 Å². The van der Waals surface area contributed by atoms with Gasteiger partial charge in [0.15, 0.2) is 0 Å². The van der Waals surface area contributed by atoms with Gasteiger partial charge in [-0.1, -0.05) is 20.3 Å². The van der Waals surface area contributed by atoms with Crippen LogP contribution in [0.3, 0.4) is 0 Å². The molecule has 2 rings (SSSR count). The Morgan fingerprint density at radius 3 is 2.70 bits per heavy atom. The van der Waals surface area contributed by atoms with Crippen LogP contribution < -0.4 is 5.32 Å². The predicted octanol–water partition coefficient (Wildman–Crippen LogP) is 2.89. The summed E-state index contributed by atoms with van der Waals surface area (Å²) in [5.74, 6) is 1.08. The number of anilines is 1. The molecule has 1 aromatic rings. The molecule has 1 aliphatic carbocycles. The first-order valence-corrected chi connectivity index (χ1v) is 8.14. The van der Waals surface area contributed by atoms with E-state index in [2.05, 4.69) is 34.0 Å². The van der Waals surface area contributed by atoms with Crippen LogP contribution in [0.5, 0.6) is 0 Å². The average molecular weight is 276 g/mol. The molecule has 0 amide bonds. The highest BCUT2D eigenvalue weighted by Crippen LogP contribution is 2.23. The molecule has 1 aromatic heterocycles. The second kappa shape index (κ2) is 8.20. The van der Waals surface area contributed by atoms with E-state index in [1.165, 1.54) is 36.9 Å². The second-order valence-corrected chi connectivity index (χ2v) is 5.52. The van der Waals surface area contributed by atoms with Gasteiger partial charge in [0.1, 0.15) is 12.1 Å². The molecule has 0 unspecified atom stereocenters. The lowest BCUT2D eigenvalue weighted by atomic mass is 10.1. The molecule has 1 aliphatic rings. The Balaban J connectivity index is 1.87. The first kappa shape index (κ1) is 15.2. The van der Waals surface area contributed by atoms with Gasteiger partial charge in [-0.15, -0.1) is 0 Å². The van der Waals surface area contributed by atoms with Crippen molar-refractivity contribution in [3.8, 4) is 0 Å². The quantitative estimate of drug-likeness (QED) is 0.614. The molecule has 0 atom stereocenters. The summed E-state index contributed by atoms with van der Waals surface area (Å²) in [5, 5.41) is 3.53. The van der Waals surface area contributed by atoms with E-state index in [0.29, 0.717) is 0 Å². The van der Waals surface area contributed by atoms with Crippen molar-refractivity contribution in [2.45, 2.75) is 52.4 Å². The first-order chi connectivity index (χ1) is 9.85. The summed E-state index contributed by atoms with van der Waals surface area (Å²) in [6, 6.07) is 0. The normalized spacial score (nSPS) is 14.9. The third kappa shape index (κ3) is 4.17. The molecule has 0 aromatic carbocycles. The summed E-state index contributed by atoms with van der Waals surface area (Å²) in [7, 11) is 0. The van der Waals surface area contributed by atoms with Crippen molar-refractivity contribution in [3.63, 3.8) is 0 Å². The Morgan fingerprint density at radius 2 is 1.90 bits per heavy atom. The van der Waals surface area contributed by atoms with Crippen molar-refractivity contribution in [1.82, 2.24) is 14.9 Å². The fourth-order valence-corrected chi connectivity index (χ4v) is 2.90. The molecule has 0 spiro atoms. The van der Waals surface area contributed by atoms with Crippen molar-refractivity contribution in [3.05, 3.63) is 17.6 Å². The van der Waals surface area contributed by atoms with Crippen molar-refractivity contribution in [1.29, 1.82) is 0 Å². The lowest BCUT2D eigenvalue weighted by Crippen LogP contribution is -2.25. The number of hydrogen-bond acceptors (Lipinski definition) is 4. The minimum atomic E-state index is 1.000. The molecule has 0 radical (unpaired) electrons. The van der Waals surface area contributed by atoms with Gasteiger partial charge < -0.3 is 10.2 Å². The van der Waals surface area contributed by atoms with Crippen LogP contribution in [0, 0.1) is 0 Å². The Labute approximate surface area is 123 Å². The summed E-state index contributed by atoms with van der Waals surface area (Å²) >= 11 is 0. The van der Waals surface area contributed by atoms with E-state index in [4.69, 9.17) is 0 Å². The zero-order valence-electron chi connectivity index (χ0n) is 13.0. The third-order valence-corrected chi connectivity index (χ3v) is 4.21. The smallest absolute Gasteiger partial charge is 0.132 e. The van der Waals surface area contributed by atoms with Gasteiger partial charge in [0, 0.05) is 17.8 Å². The maximum atomic E-state index is 4.46. The Kier molecular flexibility index (Phi) is 6.25. The van der Waals surface area contributed by atoms with E-state index in [9.17, 15) is 0 Å². The van der Waals surface area contributed by atoms with Crippen molar-refractivity contribution >= 4 is 5.82 Å². The zero-order chi connectivity index (χ0) is 14.2. The summed E-state index contributed by atoms with van der Waals surface area (Å²) in [5.41, 5.74) is 2.64. The van der Waals surface area contributed by atoms with Crippen LogP contribution in [-0.4, -0.2) is 41.0 Å². The van der Waals surface area contributed by atoms with Crippen LogP contribution in [0.25, 0.3) is 0 Å². The van der Waals surface area contributed by atoms with Crippen LogP contribution in [0.2, 0.25) is 0 Å². The van der Waals surface area contributed by atoms with Crippen molar-refractivity contribution in [2.75, 3.05) is 31.5 Å². The van der Waals surface area contributed by atoms with Crippen LogP contribution in [0.15, 0.2) is 6.33 Å². The SMILES string of the molecule is CCN(CC)CCCNc1ncnc2c1CCCCC2. The maximum Gasteiger partial charge on any atom is 0.132 e. The number of rotatable bonds is 7. The number of hydrogen-bond donors (Lipinski definition) is 1. The highest BCUT2D eigenvalue weighted by atomic mass is 15.1. The van der Waals surface area contributed by atoms with Crippen LogP contribution in [0.1, 0.15) is 50.8 Å². The lowest BCUT2D eigenvalue weighted by molar-refractivity contribution is 0.303. The molecule has 112 valence electrons. The molecule has 4 heteroatoms. The van der Waals surface area contributed by atoms with E-state index in [0.717, 1.165) is 44.8 Å². The monoisotopic (exact) mass is 276 g/mol. The van der Waals surface area contributed by atoms with Gasteiger partial charge in [-0.2, -0.15) is 0 Å². The van der Waals surface area contributed by atoms with Crippen LogP contribution >= 0.6 is 0 Å². The highest BCUT2D eigenvalue weighted by Gasteiger charge is 2.13. The lowest BCUT2D eigenvalue weighted by Gasteiger charge is -2.18. The van der Waals surface area contributed by atoms with Gasteiger partial charge in [-0.3, -0.25) is 0 Å². The zero-order valence-corrected chi connectivity index (χ0v) is 13.0. The fourth-order valence-electron chi connectivity index (χ4n) is 2.90. The molecular weight excluding hydrogens is 248 g/mol. The van der Waals surface area contributed by atoms with Gasteiger partial charge in [-0.05, 0) is 51.7 Å². The van der Waals surface area contributed by atoms with Gasteiger partial charge in [0.2, 0.25) is 0 Å². The van der Waals surface area contributed by atoms with Crippen LogP contribution in [-0.2, 0) is 12.8 Å². The maximum absolute atomic E-state index is 4.46. The van der Waals surface area contributed by atoms with E-state index >= 15 is 0 Å². The molecule has 1 N–H and O–H groups in total. The molecule has 0 bridgehead atoms. The Bertz CT molecular complexity index is 401. The van der Waals surface area contributed by atoms with Crippen LogP contribution in [0.4, 0.5) is 5.82 Å². The first-order valence-electron chi connectivity index (χ1n) is 8.14. The molecular formula is C16H28N4. The number of nitrogens with one attached hydrogen (secondary N) is 1. The predicted molar refractivity (Wildman–Crippen MR) is 84.2 cm³/mol. The molecule has 1 heterocycles. The molecule has 0 saturated carbocycles. The minimum absolute atomic E-state index is 1.000. The summed E-state index contributed by atoms with van der Waals surface area (Å²) in [6.45, 7) is 8.88. The number of nitrogens with zero attached hydrogens (tertiary/aromatic N) is 3. The molecule has 4 nitrogen and oxygen atoms in total. The summed E-state index contributed by atoms with van der Waals surface area (Å²) in [6.07, 6.45) is 9.00. The fraction of sp³-hybridized carbons (Fsp3) is 0.750. The molecule has 0 fully saturated rings. The van der Waals surface area contributed by atoms with Gasteiger partial charge in [0.05, 0.1) is 0 Å². The summed E-state index contributed by atoms with van der Waals surface area (Å²) in [4.78, 5) is 11.4. The van der Waals surface area contributed by atoms with Crippen molar-refractivity contribution < 1.29 is 0 Å². The standard InChI is InChI=1S/C16H28N4/c1-3-20(4-2)12-8-11-17-16-14-9-6-5-7-10-15(14)18-13-19-16/h13H,3-12H2,1-2H3,(H,17,18,19). The number of fused-ring (bicyclic) bond motifs is 1. The molecule has 0 saturated heterocycles. The number of aromatic nitrogens is 2. The van der Waals surface area contributed by atoms with E-state index in [1.54, 1.807) is 6.33 Å². The van der Waals surface area contributed by atoms with E-state index in [-0.39, 0.29) is 0 Å². The largest absolute Gasteiger partial charge is 0.370 e. The second-order valence-electron chi connectivity index (χ2n) is 5.52. The highest BCUT2D eigenvalue weighted by molar-refractivity contribution is 5.46. The van der Waals surface area contributed by atoms with Crippen molar-refractivity contribution in [2.24, 2.45) is 0 Å². The topological polar surface area (TPSA) is 41.0 Å².